The molecule has 1 aromatic carbocycles. The molecule has 0 radical (unpaired) electrons. The maximum atomic E-state index is 12.0. The summed E-state index contributed by atoms with van der Waals surface area (Å²) in [5.74, 6) is 4.28. The number of hydrogen-bond donors (Lipinski definition) is 0. The van der Waals surface area contributed by atoms with Crippen molar-refractivity contribution >= 4 is 29.3 Å². The first-order valence-electron chi connectivity index (χ1n) is 5.60. The molecule has 17 heavy (non-hydrogen) atoms. The predicted octanol–water partition coefficient (Wildman–Crippen LogP) is 3.00. The maximum absolute atomic E-state index is 12.0. The Kier molecular flexibility index (Phi) is 4.20. The van der Waals surface area contributed by atoms with E-state index in [4.69, 9.17) is 6.42 Å². The lowest BCUT2D eigenvalue weighted by Crippen LogP contribution is -2.36. The van der Waals surface area contributed by atoms with E-state index in [1.54, 1.807) is 23.5 Å². The van der Waals surface area contributed by atoms with Gasteiger partial charge >= 0.3 is 0 Å². The molecule has 3 heteroatoms. The van der Waals surface area contributed by atoms with Gasteiger partial charge in [0.2, 0.25) is 5.78 Å². The van der Waals surface area contributed by atoms with E-state index in [0.717, 1.165) is 24.3 Å². The average molecular weight is 262 g/mol. The highest BCUT2D eigenvalue weighted by Gasteiger charge is 2.40. The van der Waals surface area contributed by atoms with E-state index in [0.29, 0.717) is 0 Å². The van der Waals surface area contributed by atoms with Gasteiger partial charge in [-0.2, -0.15) is 0 Å². The van der Waals surface area contributed by atoms with Crippen LogP contribution in [0.2, 0.25) is 0 Å². The van der Waals surface area contributed by atoms with Crippen LogP contribution in [0.1, 0.15) is 12.0 Å². The fraction of sp³-hybridized carbons (Fsp3) is 0.357. The van der Waals surface area contributed by atoms with Gasteiger partial charge in [-0.3, -0.25) is 4.79 Å². The second-order valence-electron chi connectivity index (χ2n) is 3.94. The second-order valence-corrected chi connectivity index (χ2v) is 6.99. The van der Waals surface area contributed by atoms with Crippen LogP contribution in [0, 0.1) is 12.3 Å². The molecule has 88 valence electrons. The van der Waals surface area contributed by atoms with Crippen LogP contribution in [-0.2, 0) is 11.2 Å². The Labute approximate surface area is 111 Å². The first-order chi connectivity index (χ1) is 8.27. The third-order valence-corrected chi connectivity index (χ3v) is 6.00. The highest BCUT2D eigenvalue weighted by atomic mass is 32.2. The molecule has 0 saturated carbocycles. The normalized spacial score (nSPS) is 18.3. The second kappa shape index (κ2) is 5.66. The van der Waals surface area contributed by atoms with E-state index in [-0.39, 0.29) is 5.78 Å². The minimum atomic E-state index is -0.450. The fourth-order valence-corrected chi connectivity index (χ4v) is 5.03. The van der Waals surface area contributed by atoms with Gasteiger partial charge in [-0.05, 0) is 29.4 Å². The van der Waals surface area contributed by atoms with E-state index in [2.05, 4.69) is 18.1 Å². The van der Waals surface area contributed by atoms with Gasteiger partial charge in [-0.15, -0.1) is 29.9 Å². The van der Waals surface area contributed by atoms with Crippen LogP contribution < -0.4 is 0 Å². The number of carbonyl (C=O) groups excluding carboxylic acids is 1. The van der Waals surface area contributed by atoms with E-state index in [1.165, 1.54) is 5.56 Å². The summed E-state index contributed by atoms with van der Waals surface area (Å²) in [6.45, 7) is 0. The summed E-state index contributed by atoms with van der Waals surface area (Å²) in [4.78, 5) is 12.0. The number of terminal acetylenes is 1. The van der Waals surface area contributed by atoms with Crippen molar-refractivity contribution in [2.24, 2.45) is 0 Å². The Balaban J connectivity index is 2.22. The van der Waals surface area contributed by atoms with Crippen molar-refractivity contribution < 1.29 is 4.79 Å². The van der Waals surface area contributed by atoms with E-state index in [9.17, 15) is 4.79 Å². The molecular weight excluding hydrogens is 248 g/mol. The van der Waals surface area contributed by atoms with Crippen LogP contribution in [0.15, 0.2) is 30.3 Å². The molecule has 0 aliphatic carbocycles. The standard InChI is InChI=1S/C14H14OS2/c1-2-13(15)14(16-9-6-10-17-14)11-12-7-4-3-5-8-12/h1,3-5,7-8H,6,9-11H2. The van der Waals surface area contributed by atoms with Gasteiger partial charge in [-0.25, -0.2) is 0 Å². The molecule has 0 unspecified atom stereocenters. The third kappa shape index (κ3) is 2.88. The van der Waals surface area contributed by atoms with Crippen LogP contribution in [0.25, 0.3) is 0 Å². The quantitative estimate of drug-likeness (QED) is 0.616. The summed E-state index contributed by atoms with van der Waals surface area (Å²) >= 11 is 3.42. The zero-order valence-corrected chi connectivity index (χ0v) is 11.2. The van der Waals surface area contributed by atoms with Gasteiger partial charge in [0.1, 0.15) is 4.08 Å². The van der Waals surface area contributed by atoms with Crippen molar-refractivity contribution in [3.05, 3.63) is 35.9 Å². The van der Waals surface area contributed by atoms with Crippen LogP contribution >= 0.6 is 23.5 Å². The van der Waals surface area contributed by atoms with E-state index < -0.39 is 4.08 Å². The topological polar surface area (TPSA) is 17.1 Å². The van der Waals surface area contributed by atoms with Crippen molar-refractivity contribution in [3.63, 3.8) is 0 Å². The fourth-order valence-electron chi connectivity index (χ4n) is 1.86. The highest BCUT2D eigenvalue weighted by molar-refractivity contribution is 8.20. The zero-order valence-electron chi connectivity index (χ0n) is 9.52. The van der Waals surface area contributed by atoms with Gasteiger partial charge < -0.3 is 0 Å². The monoisotopic (exact) mass is 262 g/mol. The lowest BCUT2D eigenvalue weighted by atomic mass is 10.1. The number of ketones is 1. The van der Waals surface area contributed by atoms with Gasteiger partial charge in [0.25, 0.3) is 0 Å². The smallest absolute Gasteiger partial charge is 0.231 e. The molecule has 1 nitrogen and oxygen atoms in total. The lowest BCUT2D eigenvalue weighted by molar-refractivity contribution is -0.114. The molecule has 0 amide bonds. The molecule has 2 rings (SSSR count). The van der Waals surface area contributed by atoms with Crippen LogP contribution in [0.5, 0.6) is 0 Å². The van der Waals surface area contributed by atoms with Crippen molar-refractivity contribution in [2.75, 3.05) is 11.5 Å². The molecular formula is C14H14OS2. The van der Waals surface area contributed by atoms with Crippen molar-refractivity contribution in [3.8, 4) is 12.3 Å². The average Bonchev–Trinajstić information content (AvgIpc) is 2.40. The first kappa shape index (κ1) is 12.6. The Hall–Kier alpha value is -0.850. The summed E-state index contributed by atoms with van der Waals surface area (Å²) < 4.78 is -0.450. The van der Waals surface area contributed by atoms with Gasteiger partial charge in [0, 0.05) is 6.42 Å². The van der Waals surface area contributed by atoms with Crippen molar-refractivity contribution in [1.82, 2.24) is 0 Å². The Morgan fingerprint density at radius 3 is 2.53 bits per heavy atom. The Morgan fingerprint density at radius 2 is 1.94 bits per heavy atom. The predicted molar refractivity (Wildman–Crippen MR) is 76.3 cm³/mol. The molecule has 0 bridgehead atoms. The van der Waals surface area contributed by atoms with Crippen LogP contribution in [0.4, 0.5) is 0 Å². The molecule has 1 fully saturated rings. The Morgan fingerprint density at radius 1 is 1.29 bits per heavy atom. The number of Topliss-reactive ketones (excluding diaryl/α,β-unsaturated/α-hetero) is 1. The molecule has 0 aromatic heterocycles. The molecule has 0 spiro atoms. The van der Waals surface area contributed by atoms with Crippen LogP contribution in [0.3, 0.4) is 0 Å². The number of rotatable bonds is 3. The molecule has 1 heterocycles. The number of thioether (sulfide) groups is 2. The number of carbonyl (C=O) groups is 1. The minimum Gasteiger partial charge on any atom is -0.282 e. The third-order valence-electron chi connectivity index (χ3n) is 2.72. The van der Waals surface area contributed by atoms with Crippen LogP contribution in [-0.4, -0.2) is 21.4 Å². The highest BCUT2D eigenvalue weighted by Crippen LogP contribution is 2.45. The first-order valence-corrected chi connectivity index (χ1v) is 7.57. The van der Waals surface area contributed by atoms with E-state index in [1.807, 2.05) is 18.2 Å². The van der Waals surface area contributed by atoms with Gasteiger partial charge in [0.15, 0.2) is 0 Å². The van der Waals surface area contributed by atoms with Gasteiger partial charge in [-0.1, -0.05) is 30.3 Å². The van der Waals surface area contributed by atoms with Crippen molar-refractivity contribution in [1.29, 1.82) is 0 Å². The maximum Gasteiger partial charge on any atom is 0.231 e. The Bertz CT molecular complexity index is 427. The lowest BCUT2D eigenvalue weighted by Gasteiger charge is -2.33. The summed E-state index contributed by atoms with van der Waals surface area (Å²) in [6, 6.07) is 10.1. The van der Waals surface area contributed by atoms with Gasteiger partial charge in [0.05, 0.1) is 0 Å². The molecule has 0 N–H and O–H groups in total. The molecule has 0 atom stereocenters. The van der Waals surface area contributed by atoms with Crippen molar-refractivity contribution in [2.45, 2.75) is 16.9 Å². The largest absolute Gasteiger partial charge is 0.282 e. The summed E-state index contributed by atoms with van der Waals surface area (Å²) in [7, 11) is 0. The summed E-state index contributed by atoms with van der Waals surface area (Å²) in [6.07, 6.45) is 7.20. The number of hydrogen-bond acceptors (Lipinski definition) is 3. The SMILES string of the molecule is C#CC(=O)C1(Cc2ccccc2)SCCCS1. The molecule has 1 aliphatic heterocycles. The minimum absolute atomic E-state index is 0.0731. The summed E-state index contributed by atoms with van der Waals surface area (Å²) in [5, 5.41) is 0. The molecule has 1 aliphatic rings. The molecule has 1 saturated heterocycles. The van der Waals surface area contributed by atoms with E-state index >= 15 is 0 Å². The summed E-state index contributed by atoms with van der Waals surface area (Å²) in [5.41, 5.74) is 1.18. The zero-order chi connectivity index (χ0) is 12.1. The molecule has 1 aromatic rings. The number of benzene rings is 1.